The molecule has 0 amide bonds. The smallest absolute Gasteiger partial charge is 0.166 e. The Kier molecular flexibility index (Phi) is 3.59. The van der Waals surface area contributed by atoms with Crippen LogP contribution in [0.1, 0.15) is 16.7 Å². The highest BCUT2D eigenvalue weighted by molar-refractivity contribution is 5.36. The molecular formula is C15H12FNO. The maximum absolute atomic E-state index is 13.5. The van der Waals surface area contributed by atoms with Gasteiger partial charge < -0.3 is 4.74 Å². The van der Waals surface area contributed by atoms with Crippen molar-refractivity contribution in [1.29, 1.82) is 5.26 Å². The highest BCUT2D eigenvalue weighted by atomic mass is 19.1. The van der Waals surface area contributed by atoms with Crippen LogP contribution in [-0.4, -0.2) is 0 Å². The Morgan fingerprint density at radius 3 is 2.72 bits per heavy atom. The van der Waals surface area contributed by atoms with Gasteiger partial charge in [0, 0.05) is 0 Å². The van der Waals surface area contributed by atoms with Gasteiger partial charge in [0.1, 0.15) is 6.61 Å². The zero-order valence-corrected chi connectivity index (χ0v) is 9.98. The van der Waals surface area contributed by atoms with Gasteiger partial charge in [-0.1, -0.05) is 29.8 Å². The van der Waals surface area contributed by atoms with E-state index >= 15 is 0 Å². The number of aryl methyl sites for hydroxylation is 1. The van der Waals surface area contributed by atoms with Gasteiger partial charge >= 0.3 is 0 Å². The van der Waals surface area contributed by atoms with E-state index in [1.807, 2.05) is 37.3 Å². The molecule has 3 heteroatoms. The zero-order valence-electron chi connectivity index (χ0n) is 9.98. The van der Waals surface area contributed by atoms with E-state index in [1.165, 1.54) is 18.2 Å². The summed E-state index contributed by atoms with van der Waals surface area (Å²) in [5, 5.41) is 8.63. The van der Waals surface area contributed by atoms with E-state index in [4.69, 9.17) is 10.00 Å². The number of benzene rings is 2. The number of nitriles is 1. The predicted molar refractivity (Wildman–Crippen MR) is 66.6 cm³/mol. The third-order valence-electron chi connectivity index (χ3n) is 2.54. The molecule has 0 saturated heterocycles. The van der Waals surface area contributed by atoms with Gasteiger partial charge in [-0.2, -0.15) is 5.26 Å². The van der Waals surface area contributed by atoms with E-state index in [0.717, 1.165) is 11.1 Å². The summed E-state index contributed by atoms with van der Waals surface area (Å²) < 4.78 is 18.9. The number of halogens is 1. The van der Waals surface area contributed by atoms with Gasteiger partial charge in [0.05, 0.1) is 11.6 Å². The van der Waals surface area contributed by atoms with Crippen molar-refractivity contribution in [3.05, 3.63) is 65.0 Å². The molecule has 0 aliphatic carbocycles. The van der Waals surface area contributed by atoms with Gasteiger partial charge in [-0.25, -0.2) is 4.39 Å². The second-order valence-electron chi connectivity index (χ2n) is 4.03. The van der Waals surface area contributed by atoms with Crippen molar-refractivity contribution in [2.24, 2.45) is 0 Å². The molecule has 0 spiro atoms. The molecule has 0 fully saturated rings. The molecule has 2 aromatic rings. The molecule has 0 radical (unpaired) electrons. The van der Waals surface area contributed by atoms with Crippen LogP contribution in [0.15, 0.2) is 42.5 Å². The summed E-state index contributed by atoms with van der Waals surface area (Å²) in [7, 11) is 0. The Balaban J connectivity index is 2.09. The molecule has 0 aliphatic heterocycles. The van der Waals surface area contributed by atoms with Crippen molar-refractivity contribution < 1.29 is 9.13 Å². The van der Waals surface area contributed by atoms with Crippen LogP contribution < -0.4 is 4.74 Å². The van der Waals surface area contributed by atoms with Crippen LogP contribution in [0.25, 0.3) is 0 Å². The van der Waals surface area contributed by atoms with Crippen LogP contribution >= 0.6 is 0 Å². The largest absolute Gasteiger partial charge is 0.486 e. The van der Waals surface area contributed by atoms with E-state index in [9.17, 15) is 4.39 Å². The van der Waals surface area contributed by atoms with Crippen molar-refractivity contribution in [3.63, 3.8) is 0 Å². The Morgan fingerprint density at radius 1 is 1.22 bits per heavy atom. The Hall–Kier alpha value is -2.34. The molecule has 0 saturated carbocycles. The van der Waals surface area contributed by atoms with Crippen LogP contribution in [0.3, 0.4) is 0 Å². The lowest BCUT2D eigenvalue weighted by atomic mass is 10.1. The van der Waals surface area contributed by atoms with E-state index < -0.39 is 5.82 Å². The second kappa shape index (κ2) is 5.33. The molecule has 0 heterocycles. The number of ether oxygens (including phenoxy) is 1. The minimum Gasteiger partial charge on any atom is -0.486 e. The first-order valence-electron chi connectivity index (χ1n) is 5.57. The summed E-state index contributed by atoms with van der Waals surface area (Å²) >= 11 is 0. The van der Waals surface area contributed by atoms with Crippen molar-refractivity contribution in [2.75, 3.05) is 0 Å². The van der Waals surface area contributed by atoms with Crippen molar-refractivity contribution in [2.45, 2.75) is 13.5 Å². The SMILES string of the molecule is Cc1cccc(COc2ccc(C#N)cc2F)c1. The summed E-state index contributed by atoms with van der Waals surface area (Å²) in [6.07, 6.45) is 0. The normalized spacial score (nSPS) is 9.83. The highest BCUT2D eigenvalue weighted by Crippen LogP contribution is 2.19. The molecule has 0 unspecified atom stereocenters. The molecule has 2 aromatic carbocycles. The van der Waals surface area contributed by atoms with Crippen LogP contribution in [0.2, 0.25) is 0 Å². The molecule has 18 heavy (non-hydrogen) atoms. The number of hydrogen-bond acceptors (Lipinski definition) is 2. The molecule has 2 rings (SSSR count). The molecule has 0 aromatic heterocycles. The summed E-state index contributed by atoms with van der Waals surface area (Å²) in [6.45, 7) is 2.30. The standard InChI is InChI=1S/C15H12FNO/c1-11-3-2-4-13(7-11)10-18-15-6-5-12(9-17)8-14(15)16/h2-8H,10H2,1H3. The zero-order chi connectivity index (χ0) is 13.0. The van der Waals surface area contributed by atoms with Crippen molar-refractivity contribution in [3.8, 4) is 11.8 Å². The lowest BCUT2D eigenvalue weighted by Gasteiger charge is -2.07. The first-order chi connectivity index (χ1) is 8.69. The van der Waals surface area contributed by atoms with E-state index in [1.54, 1.807) is 0 Å². The lowest BCUT2D eigenvalue weighted by Crippen LogP contribution is -1.98. The van der Waals surface area contributed by atoms with Gasteiger partial charge in [0.2, 0.25) is 0 Å². The average molecular weight is 241 g/mol. The van der Waals surface area contributed by atoms with Crippen LogP contribution in [0.5, 0.6) is 5.75 Å². The molecule has 0 N–H and O–H groups in total. The number of nitrogens with zero attached hydrogens (tertiary/aromatic N) is 1. The Labute approximate surface area is 105 Å². The third-order valence-corrected chi connectivity index (χ3v) is 2.54. The summed E-state index contributed by atoms with van der Waals surface area (Å²) in [6, 6.07) is 13.9. The number of rotatable bonds is 3. The molecule has 90 valence electrons. The van der Waals surface area contributed by atoms with Gasteiger partial charge in [-0.05, 0) is 30.7 Å². The molecule has 2 nitrogen and oxygen atoms in total. The van der Waals surface area contributed by atoms with Gasteiger partial charge in [-0.15, -0.1) is 0 Å². The monoisotopic (exact) mass is 241 g/mol. The first kappa shape index (κ1) is 12.1. The topological polar surface area (TPSA) is 33.0 Å². The fraction of sp³-hybridized carbons (Fsp3) is 0.133. The van der Waals surface area contributed by atoms with Gasteiger partial charge in [0.15, 0.2) is 11.6 Å². The second-order valence-corrected chi connectivity index (χ2v) is 4.03. The summed E-state index contributed by atoms with van der Waals surface area (Å²) in [4.78, 5) is 0. The van der Waals surface area contributed by atoms with Crippen molar-refractivity contribution >= 4 is 0 Å². The Morgan fingerprint density at radius 2 is 2.06 bits per heavy atom. The van der Waals surface area contributed by atoms with Crippen LogP contribution in [0, 0.1) is 24.1 Å². The summed E-state index contributed by atoms with van der Waals surface area (Å²) in [5.41, 5.74) is 2.41. The maximum Gasteiger partial charge on any atom is 0.166 e. The third kappa shape index (κ3) is 2.86. The predicted octanol–water partition coefficient (Wildman–Crippen LogP) is 3.58. The minimum atomic E-state index is -0.512. The van der Waals surface area contributed by atoms with Gasteiger partial charge in [-0.3, -0.25) is 0 Å². The van der Waals surface area contributed by atoms with Gasteiger partial charge in [0.25, 0.3) is 0 Å². The maximum atomic E-state index is 13.5. The fourth-order valence-corrected chi connectivity index (χ4v) is 1.65. The first-order valence-corrected chi connectivity index (χ1v) is 5.57. The molecule has 0 aliphatic rings. The fourth-order valence-electron chi connectivity index (χ4n) is 1.65. The molecule has 0 bridgehead atoms. The molecule has 0 atom stereocenters. The van der Waals surface area contributed by atoms with Crippen LogP contribution in [0.4, 0.5) is 4.39 Å². The highest BCUT2D eigenvalue weighted by Gasteiger charge is 2.05. The van der Waals surface area contributed by atoms with E-state index in [-0.39, 0.29) is 11.3 Å². The van der Waals surface area contributed by atoms with E-state index in [0.29, 0.717) is 6.61 Å². The van der Waals surface area contributed by atoms with E-state index in [2.05, 4.69) is 0 Å². The minimum absolute atomic E-state index is 0.163. The quantitative estimate of drug-likeness (QED) is 0.822. The number of hydrogen-bond donors (Lipinski definition) is 0. The summed E-state index contributed by atoms with van der Waals surface area (Å²) in [5.74, 6) is -0.350. The van der Waals surface area contributed by atoms with Crippen LogP contribution in [-0.2, 0) is 6.61 Å². The van der Waals surface area contributed by atoms with Crippen molar-refractivity contribution in [1.82, 2.24) is 0 Å². The Bertz CT molecular complexity index is 602. The lowest BCUT2D eigenvalue weighted by molar-refractivity contribution is 0.290. The molecular weight excluding hydrogens is 229 g/mol. The average Bonchev–Trinajstić information content (AvgIpc) is 2.37.